The summed E-state index contributed by atoms with van der Waals surface area (Å²) in [6.45, 7) is 6.63. The van der Waals surface area contributed by atoms with Gasteiger partial charge in [-0.15, -0.1) is 0 Å². The van der Waals surface area contributed by atoms with Crippen molar-refractivity contribution in [1.29, 1.82) is 0 Å². The molecule has 3 unspecified atom stereocenters. The van der Waals surface area contributed by atoms with Crippen LogP contribution in [0.3, 0.4) is 0 Å². The number of likely N-dealkylation sites (N-methyl/N-ethyl adjacent to an activating group) is 1. The van der Waals surface area contributed by atoms with Gasteiger partial charge < -0.3 is 19.4 Å². The Labute approximate surface area is 459 Å². The number of esters is 1. The molecule has 9 nitrogen and oxygen atoms in total. The van der Waals surface area contributed by atoms with Gasteiger partial charge in [0.2, 0.25) is 5.91 Å². The molecular weight excluding hydrogens is 952 g/mol. The molecule has 422 valence electrons. The highest BCUT2D eigenvalue weighted by Crippen LogP contribution is 2.43. The van der Waals surface area contributed by atoms with E-state index in [1.165, 1.54) is 57.8 Å². The van der Waals surface area contributed by atoms with Gasteiger partial charge in [-0.05, 0) is 89.5 Å². The van der Waals surface area contributed by atoms with Crippen LogP contribution in [0.1, 0.15) is 188 Å². The molecule has 0 fully saturated rings. The predicted molar refractivity (Wildman–Crippen MR) is 322 cm³/mol. The summed E-state index contributed by atoms with van der Waals surface area (Å²) in [4.78, 5) is 37.6. The Hall–Kier alpha value is -4.37. The summed E-state index contributed by atoms with van der Waals surface area (Å²) in [5.41, 5.74) is 0. The Balaban J connectivity index is 5.60. The number of carbonyl (C=O) groups excluding carboxylic acids is 2. The molecule has 0 heterocycles. The molecule has 0 bridgehead atoms. The first-order chi connectivity index (χ1) is 36.4. The minimum absolute atomic E-state index is 0.00985. The third-order valence-corrected chi connectivity index (χ3v) is 12.6. The summed E-state index contributed by atoms with van der Waals surface area (Å²) >= 11 is 0. The third kappa shape index (κ3) is 54.2. The molecule has 0 aromatic rings. The molecule has 10 heteroatoms. The molecule has 2 N–H and O–H groups in total. The van der Waals surface area contributed by atoms with E-state index in [0.717, 1.165) is 83.5 Å². The van der Waals surface area contributed by atoms with Crippen molar-refractivity contribution < 1.29 is 37.3 Å². The zero-order chi connectivity index (χ0) is 55.0. The number of amides is 1. The third-order valence-electron chi connectivity index (χ3n) is 11.6. The quantitative estimate of drug-likeness (QED) is 0.0156. The first kappa shape index (κ1) is 70.6. The van der Waals surface area contributed by atoms with Gasteiger partial charge in [0.25, 0.3) is 0 Å². The van der Waals surface area contributed by atoms with Crippen molar-refractivity contribution >= 4 is 19.7 Å². The second-order valence-electron chi connectivity index (χ2n) is 19.8. The SMILES string of the molecule is CC\C=C/C=C/C=C/C=C\C=C\C=C\CCCCCC(=O)NC(COP(=O)(O)OCC[N+](C)(C)C)C(/C=C/CCCCCCCCCCCCC)OC(=O)CC/C=C\C/C=C\C/C=C\C/C=C\C/C=C\C/C=C\CC. The summed E-state index contributed by atoms with van der Waals surface area (Å²) in [6, 6.07) is -0.915. The highest BCUT2D eigenvalue weighted by atomic mass is 31.2. The van der Waals surface area contributed by atoms with Crippen LogP contribution in [0.2, 0.25) is 0 Å². The number of nitrogens with zero attached hydrogens (tertiary/aromatic N) is 1. The van der Waals surface area contributed by atoms with Gasteiger partial charge in [-0.2, -0.15) is 0 Å². The van der Waals surface area contributed by atoms with Crippen LogP contribution >= 0.6 is 7.82 Å². The minimum atomic E-state index is -4.49. The van der Waals surface area contributed by atoms with E-state index in [0.29, 0.717) is 23.9 Å². The molecule has 0 spiro atoms. The summed E-state index contributed by atoms with van der Waals surface area (Å²) in [6.07, 6.45) is 78.3. The number of allylic oxidation sites excluding steroid dienone is 25. The summed E-state index contributed by atoms with van der Waals surface area (Å²) in [5.74, 6) is -0.670. The Kier molecular flexibility index (Phi) is 50.0. The van der Waals surface area contributed by atoms with Crippen molar-refractivity contribution in [2.75, 3.05) is 40.9 Å². The summed E-state index contributed by atoms with van der Waals surface area (Å²) in [7, 11) is 1.40. The zero-order valence-electron chi connectivity index (χ0n) is 48.0. The Bertz CT molecular complexity index is 1840. The number of phosphoric ester groups is 1. The number of ether oxygens (including phenoxy) is 1. The lowest BCUT2D eigenvalue weighted by Crippen LogP contribution is -2.47. The van der Waals surface area contributed by atoms with E-state index in [-0.39, 0.29) is 32.0 Å². The maximum Gasteiger partial charge on any atom is 0.472 e. The number of nitrogens with one attached hydrogen (secondary N) is 1. The molecular formula is C65H106N2O7P+. The van der Waals surface area contributed by atoms with E-state index < -0.39 is 25.9 Å². The molecule has 3 atom stereocenters. The van der Waals surface area contributed by atoms with Gasteiger partial charge in [-0.3, -0.25) is 18.6 Å². The maximum atomic E-state index is 13.5. The van der Waals surface area contributed by atoms with E-state index in [1.54, 1.807) is 6.08 Å². The fraction of sp³-hybridized carbons (Fsp3) is 0.569. The van der Waals surface area contributed by atoms with Crippen LogP contribution in [0.25, 0.3) is 0 Å². The topological polar surface area (TPSA) is 111 Å². The fourth-order valence-electron chi connectivity index (χ4n) is 7.23. The van der Waals surface area contributed by atoms with Crippen molar-refractivity contribution in [3.63, 3.8) is 0 Å². The number of quaternary nitrogens is 1. The van der Waals surface area contributed by atoms with Crippen molar-refractivity contribution in [2.24, 2.45) is 0 Å². The number of carbonyl (C=O) groups is 2. The van der Waals surface area contributed by atoms with E-state index in [2.05, 4.69) is 99.0 Å². The van der Waals surface area contributed by atoms with Crippen molar-refractivity contribution in [3.05, 3.63) is 158 Å². The monoisotopic (exact) mass is 1060 g/mol. The Morgan fingerprint density at radius 3 is 1.44 bits per heavy atom. The molecule has 0 rings (SSSR count). The molecule has 0 aliphatic heterocycles. The van der Waals surface area contributed by atoms with Gasteiger partial charge in [0.05, 0.1) is 33.8 Å². The van der Waals surface area contributed by atoms with E-state index in [9.17, 15) is 19.0 Å². The molecule has 0 aliphatic carbocycles. The van der Waals surface area contributed by atoms with Crippen molar-refractivity contribution in [3.8, 4) is 0 Å². The molecule has 0 aliphatic rings. The number of hydrogen-bond acceptors (Lipinski definition) is 6. The number of hydrogen-bond donors (Lipinski definition) is 2. The highest BCUT2D eigenvalue weighted by Gasteiger charge is 2.30. The Morgan fingerprint density at radius 1 is 0.493 bits per heavy atom. The average Bonchev–Trinajstić information content (AvgIpc) is 3.37. The van der Waals surface area contributed by atoms with Crippen LogP contribution in [0, 0.1) is 0 Å². The first-order valence-corrected chi connectivity index (χ1v) is 30.4. The van der Waals surface area contributed by atoms with Crippen LogP contribution in [0.4, 0.5) is 0 Å². The van der Waals surface area contributed by atoms with Gasteiger partial charge in [0.1, 0.15) is 19.3 Å². The molecule has 0 saturated heterocycles. The van der Waals surface area contributed by atoms with Crippen LogP contribution in [-0.4, -0.2) is 74.3 Å². The van der Waals surface area contributed by atoms with Gasteiger partial charge in [0, 0.05) is 12.8 Å². The van der Waals surface area contributed by atoms with Crippen LogP contribution < -0.4 is 5.32 Å². The van der Waals surface area contributed by atoms with Gasteiger partial charge >= 0.3 is 13.8 Å². The second kappa shape index (κ2) is 53.0. The number of rotatable bonds is 49. The molecule has 75 heavy (non-hydrogen) atoms. The van der Waals surface area contributed by atoms with E-state index in [1.807, 2.05) is 100 Å². The van der Waals surface area contributed by atoms with Gasteiger partial charge in [-0.25, -0.2) is 4.57 Å². The van der Waals surface area contributed by atoms with Crippen LogP contribution in [-0.2, 0) is 27.9 Å². The van der Waals surface area contributed by atoms with Gasteiger partial charge in [-0.1, -0.05) is 243 Å². The molecule has 0 aromatic carbocycles. The largest absolute Gasteiger partial charge is 0.472 e. The van der Waals surface area contributed by atoms with Crippen LogP contribution in [0.5, 0.6) is 0 Å². The standard InChI is InChI=1S/C65H105N2O7P/c1-7-10-13-16-19-22-25-28-30-32-33-35-37-40-43-46-49-52-55-58-65(69)74-63(56-53-50-47-44-41-38-27-24-21-18-15-12-9-3)62(61-73-75(70,71)72-60-59-67(4,5)6)66-64(68)57-54-51-48-45-42-39-36-34-31-29-26-23-20-17-14-11-8-2/h10-11,13-14,17,19-20,22-23,26,28-31,33-36,39-40,42-43,49,52-53,56,62-63H,7-9,12,15-16,18,21,24-25,27,32,37-38,41,44-48,50-51,54-55,57-61H2,1-6H3,(H-,66,68,70,71)/p+1/b13-10-,14-11-,20-17+,22-19-,26-23+,30-28-,31-29-,35-33-,36-34+,42-39+,43-40-,52-49-,56-53+. The number of phosphoric acid groups is 1. The Morgan fingerprint density at radius 2 is 0.933 bits per heavy atom. The highest BCUT2D eigenvalue weighted by molar-refractivity contribution is 7.47. The number of unbranched alkanes of at least 4 members (excludes halogenated alkanes) is 14. The summed E-state index contributed by atoms with van der Waals surface area (Å²) < 4.78 is 30.5. The maximum absolute atomic E-state index is 13.5. The minimum Gasteiger partial charge on any atom is -0.456 e. The van der Waals surface area contributed by atoms with Crippen molar-refractivity contribution in [1.82, 2.24) is 5.32 Å². The van der Waals surface area contributed by atoms with Gasteiger partial charge in [0.15, 0.2) is 0 Å². The zero-order valence-corrected chi connectivity index (χ0v) is 48.9. The normalized spacial score (nSPS) is 14.9. The molecule has 0 aromatic heterocycles. The molecule has 1 amide bonds. The second-order valence-corrected chi connectivity index (χ2v) is 21.3. The van der Waals surface area contributed by atoms with Crippen molar-refractivity contribution in [2.45, 2.75) is 200 Å². The van der Waals surface area contributed by atoms with E-state index in [4.69, 9.17) is 13.8 Å². The lowest BCUT2D eigenvalue weighted by atomic mass is 10.0. The average molecular weight is 1060 g/mol. The molecule has 0 saturated carbocycles. The molecule has 0 radical (unpaired) electrons. The summed E-state index contributed by atoms with van der Waals surface area (Å²) in [5, 5.41) is 3.00. The lowest BCUT2D eigenvalue weighted by Gasteiger charge is -2.27. The van der Waals surface area contributed by atoms with Crippen LogP contribution in [0.15, 0.2) is 158 Å². The predicted octanol–water partition coefficient (Wildman–Crippen LogP) is 17.7. The fourth-order valence-corrected chi connectivity index (χ4v) is 7.97. The lowest BCUT2D eigenvalue weighted by molar-refractivity contribution is -0.870. The first-order valence-electron chi connectivity index (χ1n) is 28.9. The smallest absolute Gasteiger partial charge is 0.456 e. The van der Waals surface area contributed by atoms with E-state index >= 15 is 0 Å².